The Hall–Kier alpha value is -1.11. The van der Waals surface area contributed by atoms with Crippen molar-refractivity contribution in [3.8, 4) is 6.07 Å². The zero-order chi connectivity index (χ0) is 10.1. The van der Waals surface area contributed by atoms with Gasteiger partial charge in [-0.05, 0) is 52.3 Å². The number of nitrogens with zero attached hydrogens (tertiary/aromatic N) is 1. The maximum absolute atomic E-state index is 8.75. The Morgan fingerprint density at radius 1 is 1.43 bits per heavy atom. The molecule has 1 aromatic heterocycles. The van der Waals surface area contributed by atoms with Crippen molar-refractivity contribution in [2.24, 2.45) is 0 Å². The molecule has 1 heterocycles. The van der Waals surface area contributed by atoms with Crippen LogP contribution >= 0.6 is 21.7 Å². The van der Waals surface area contributed by atoms with E-state index in [1.807, 2.05) is 25.1 Å². The fraction of sp³-hybridized carbons (Fsp3) is 0.100. The van der Waals surface area contributed by atoms with E-state index in [0.29, 0.717) is 5.69 Å². The number of nitrogens with one attached hydrogen (secondary N) is 1. The van der Waals surface area contributed by atoms with Crippen molar-refractivity contribution < 1.29 is 0 Å². The monoisotopic (exact) mass is 222 g/mol. The number of rotatable bonds is 1. The van der Waals surface area contributed by atoms with Crippen LogP contribution in [0.3, 0.4) is 0 Å². The molecule has 0 aliphatic rings. The number of fused-ring (bicyclic) bond motifs is 1. The maximum Gasteiger partial charge on any atom is 0.118 e. The van der Waals surface area contributed by atoms with Crippen LogP contribution in [0.5, 0.6) is 0 Å². The van der Waals surface area contributed by atoms with Gasteiger partial charge < -0.3 is 4.98 Å². The molecular formula is C10H7ClN2S. The fourth-order valence-electron chi connectivity index (χ4n) is 1.48. The van der Waals surface area contributed by atoms with E-state index < -0.39 is 0 Å². The highest BCUT2D eigenvalue weighted by atomic mass is 35.7. The van der Waals surface area contributed by atoms with E-state index >= 15 is 0 Å². The van der Waals surface area contributed by atoms with E-state index in [1.165, 1.54) is 11.0 Å². The molecule has 1 N–H and O–H groups in total. The molecule has 2 nitrogen and oxygen atoms in total. The third-order valence-corrected chi connectivity index (χ3v) is 3.03. The molecule has 0 saturated heterocycles. The van der Waals surface area contributed by atoms with Crippen molar-refractivity contribution in [1.29, 1.82) is 5.26 Å². The Bertz CT molecular complexity index is 525. The van der Waals surface area contributed by atoms with Gasteiger partial charge in [0.25, 0.3) is 0 Å². The van der Waals surface area contributed by atoms with Gasteiger partial charge >= 0.3 is 0 Å². The van der Waals surface area contributed by atoms with Crippen molar-refractivity contribution in [2.45, 2.75) is 11.8 Å². The van der Waals surface area contributed by atoms with E-state index in [9.17, 15) is 0 Å². The van der Waals surface area contributed by atoms with Crippen LogP contribution in [0, 0.1) is 18.3 Å². The molecule has 0 atom stereocenters. The average Bonchev–Trinajstić information content (AvgIpc) is 2.59. The molecule has 14 heavy (non-hydrogen) atoms. The third-order valence-electron chi connectivity index (χ3n) is 2.04. The van der Waals surface area contributed by atoms with E-state index in [-0.39, 0.29) is 0 Å². The summed E-state index contributed by atoms with van der Waals surface area (Å²) in [6.07, 6.45) is 0. The minimum Gasteiger partial charge on any atom is -0.345 e. The molecule has 4 heteroatoms. The first-order valence-electron chi connectivity index (χ1n) is 4.06. The summed E-state index contributed by atoms with van der Waals surface area (Å²) in [5.41, 5.74) is 2.65. The second-order valence-electron chi connectivity index (χ2n) is 3.10. The van der Waals surface area contributed by atoms with Crippen molar-refractivity contribution >= 4 is 32.6 Å². The normalized spacial score (nSPS) is 10.4. The number of aryl methyl sites for hydroxylation is 1. The predicted molar refractivity (Wildman–Crippen MR) is 59.5 cm³/mol. The first-order valence-corrected chi connectivity index (χ1v) is 5.71. The SMILES string of the molecule is Cc1cc(SCl)c2[nH]c(C#N)cc2c1. The number of H-pyrrole nitrogens is 1. The highest BCUT2D eigenvalue weighted by Gasteiger charge is 2.06. The van der Waals surface area contributed by atoms with Gasteiger partial charge in [-0.2, -0.15) is 5.26 Å². The van der Waals surface area contributed by atoms with Crippen LogP contribution in [-0.2, 0) is 0 Å². The zero-order valence-corrected chi connectivity index (χ0v) is 9.04. The molecule has 0 aliphatic carbocycles. The first kappa shape index (κ1) is 9.45. The molecule has 0 radical (unpaired) electrons. The van der Waals surface area contributed by atoms with Crippen LogP contribution in [0.25, 0.3) is 10.9 Å². The summed E-state index contributed by atoms with van der Waals surface area (Å²) in [4.78, 5) is 3.99. The van der Waals surface area contributed by atoms with Crippen LogP contribution in [0.1, 0.15) is 11.3 Å². The summed E-state index contributed by atoms with van der Waals surface area (Å²) < 4.78 is 0. The number of hydrogen-bond acceptors (Lipinski definition) is 2. The first-order chi connectivity index (χ1) is 6.74. The van der Waals surface area contributed by atoms with Gasteiger partial charge in [-0.1, -0.05) is 0 Å². The lowest BCUT2D eigenvalue weighted by atomic mass is 10.2. The van der Waals surface area contributed by atoms with E-state index in [1.54, 1.807) is 0 Å². The maximum atomic E-state index is 8.75. The Labute approximate surface area is 90.4 Å². The lowest BCUT2D eigenvalue weighted by Crippen LogP contribution is -1.77. The Morgan fingerprint density at radius 2 is 2.21 bits per heavy atom. The van der Waals surface area contributed by atoms with Gasteiger partial charge in [0.2, 0.25) is 0 Å². The molecule has 2 rings (SSSR count). The number of aromatic nitrogens is 1. The van der Waals surface area contributed by atoms with Gasteiger partial charge in [0.15, 0.2) is 0 Å². The van der Waals surface area contributed by atoms with Gasteiger partial charge in [0.1, 0.15) is 11.8 Å². The summed E-state index contributed by atoms with van der Waals surface area (Å²) in [5, 5.41) is 9.78. The number of halogens is 1. The number of nitriles is 1. The van der Waals surface area contributed by atoms with Gasteiger partial charge in [0.05, 0.1) is 5.52 Å². The largest absolute Gasteiger partial charge is 0.345 e. The van der Waals surface area contributed by atoms with Crippen LogP contribution in [0.15, 0.2) is 23.1 Å². The molecular weight excluding hydrogens is 216 g/mol. The zero-order valence-electron chi connectivity index (χ0n) is 7.47. The molecule has 0 aliphatic heterocycles. The smallest absolute Gasteiger partial charge is 0.118 e. The van der Waals surface area contributed by atoms with E-state index in [0.717, 1.165) is 21.4 Å². The predicted octanol–water partition coefficient (Wildman–Crippen LogP) is 3.59. The molecule has 0 unspecified atom stereocenters. The van der Waals surface area contributed by atoms with Gasteiger partial charge in [0, 0.05) is 10.3 Å². The molecule has 2 aromatic rings. The topological polar surface area (TPSA) is 39.6 Å². The van der Waals surface area contributed by atoms with Gasteiger partial charge in [-0.25, -0.2) is 0 Å². The minimum absolute atomic E-state index is 0.567. The highest BCUT2D eigenvalue weighted by molar-refractivity contribution is 8.21. The van der Waals surface area contributed by atoms with Crippen molar-refractivity contribution in [3.05, 3.63) is 29.5 Å². The van der Waals surface area contributed by atoms with Crippen molar-refractivity contribution in [2.75, 3.05) is 0 Å². The molecule has 70 valence electrons. The van der Waals surface area contributed by atoms with Gasteiger partial charge in [-0.3, -0.25) is 0 Å². The van der Waals surface area contributed by atoms with Crippen molar-refractivity contribution in [3.63, 3.8) is 0 Å². The molecule has 1 aromatic carbocycles. The second kappa shape index (κ2) is 3.56. The summed E-state index contributed by atoms with van der Waals surface area (Å²) in [6.45, 7) is 2.01. The lowest BCUT2D eigenvalue weighted by Gasteiger charge is -1.99. The fourth-order valence-corrected chi connectivity index (χ4v) is 2.32. The molecule has 0 fully saturated rings. The Balaban J connectivity index is 2.79. The summed E-state index contributed by atoms with van der Waals surface area (Å²) in [5.74, 6) is 0. The quantitative estimate of drug-likeness (QED) is 0.801. The van der Waals surface area contributed by atoms with Crippen LogP contribution in [-0.4, -0.2) is 4.98 Å². The number of benzene rings is 1. The standard InChI is InChI=1S/C10H7ClN2S/c1-6-2-7-4-8(5-12)13-10(7)9(3-6)14-11/h2-4,13H,1H3. The van der Waals surface area contributed by atoms with E-state index in [4.69, 9.17) is 15.9 Å². The Kier molecular flexibility index (Phi) is 2.40. The van der Waals surface area contributed by atoms with Crippen molar-refractivity contribution in [1.82, 2.24) is 4.98 Å². The van der Waals surface area contributed by atoms with Crippen LogP contribution in [0.2, 0.25) is 0 Å². The number of aromatic amines is 1. The van der Waals surface area contributed by atoms with Crippen LogP contribution < -0.4 is 0 Å². The lowest BCUT2D eigenvalue weighted by molar-refractivity contribution is 1.33. The molecule has 0 spiro atoms. The van der Waals surface area contributed by atoms with Crippen LogP contribution in [0.4, 0.5) is 0 Å². The average molecular weight is 223 g/mol. The van der Waals surface area contributed by atoms with E-state index in [2.05, 4.69) is 11.1 Å². The second-order valence-corrected chi connectivity index (χ2v) is 4.16. The summed E-state index contributed by atoms with van der Waals surface area (Å²) >= 11 is 0. The molecule has 0 bridgehead atoms. The summed E-state index contributed by atoms with van der Waals surface area (Å²) in [6, 6.07) is 7.94. The number of hydrogen-bond donors (Lipinski definition) is 1. The minimum atomic E-state index is 0.567. The van der Waals surface area contributed by atoms with Gasteiger partial charge in [-0.15, -0.1) is 0 Å². The highest BCUT2D eigenvalue weighted by Crippen LogP contribution is 2.31. The molecule has 0 saturated carbocycles. The molecule has 0 amide bonds. The Morgan fingerprint density at radius 3 is 2.86 bits per heavy atom. The summed E-state index contributed by atoms with van der Waals surface area (Å²) in [7, 11) is 6.91. The third kappa shape index (κ3) is 1.47.